The number of nitrogens with one attached hydrogen (secondary N) is 2. The molecule has 2 rings (SSSR count). The van der Waals surface area contributed by atoms with Gasteiger partial charge in [-0.3, -0.25) is 24.2 Å². The molecule has 1 fully saturated rings. The number of nitrogens with zero attached hydrogens (tertiary/aromatic N) is 4. The topological polar surface area (TPSA) is 118 Å². The number of rotatable bonds is 14. The van der Waals surface area contributed by atoms with Crippen LogP contribution in [0.5, 0.6) is 0 Å². The number of hydrogen-bond acceptors (Lipinski definition) is 8. The summed E-state index contributed by atoms with van der Waals surface area (Å²) in [7, 11) is 2.07. The predicted molar refractivity (Wildman–Crippen MR) is 161 cm³/mol. The summed E-state index contributed by atoms with van der Waals surface area (Å²) in [5.41, 5.74) is 2.11. The Labute approximate surface area is 246 Å². The first-order chi connectivity index (χ1) is 19.7. The molecule has 0 unspecified atom stereocenters. The zero-order valence-corrected chi connectivity index (χ0v) is 25.6. The molecule has 11 nitrogen and oxygen atoms in total. The average molecular weight is 577 g/mol. The molecule has 0 radical (unpaired) electrons. The zero-order chi connectivity index (χ0) is 30.0. The number of aliphatic carboxylic acids is 1. The molecule has 0 spiro atoms. The van der Waals surface area contributed by atoms with Gasteiger partial charge in [0.05, 0.1) is 13.1 Å². The number of hydrogen-bond donors (Lipinski definition) is 3. The van der Waals surface area contributed by atoms with E-state index in [-0.39, 0.29) is 24.9 Å². The second kappa shape index (κ2) is 19.5. The van der Waals surface area contributed by atoms with E-state index in [0.717, 1.165) is 43.9 Å². The van der Waals surface area contributed by atoms with Crippen LogP contribution >= 0.6 is 0 Å². The van der Waals surface area contributed by atoms with E-state index in [9.17, 15) is 19.5 Å². The molecule has 1 aromatic carbocycles. The van der Waals surface area contributed by atoms with Gasteiger partial charge in [0, 0.05) is 78.5 Å². The molecule has 232 valence electrons. The second-order valence-electron chi connectivity index (χ2n) is 10.8. The molecule has 1 aliphatic rings. The van der Waals surface area contributed by atoms with Crippen molar-refractivity contribution in [3.05, 3.63) is 35.4 Å². The lowest BCUT2D eigenvalue weighted by Crippen LogP contribution is -2.52. The van der Waals surface area contributed by atoms with Gasteiger partial charge in [-0.2, -0.15) is 0 Å². The van der Waals surface area contributed by atoms with Crippen LogP contribution in [0.1, 0.15) is 31.4 Å². The number of likely N-dealkylation sites (N-methyl/N-ethyl adjacent to an activating group) is 2. The number of carboxylic acid groups (broad SMARTS) is 1. The van der Waals surface area contributed by atoms with Gasteiger partial charge in [-0.25, -0.2) is 0 Å². The van der Waals surface area contributed by atoms with Gasteiger partial charge in [0.1, 0.15) is 6.04 Å². The lowest BCUT2D eigenvalue weighted by atomic mass is 10.0. The predicted octanol–water partition coefficient (Wildman–Crippen LogP) is 0.521. The van der Waals surface area contributed by atoms with Gasteiger partial charge in [0.25, 0.3) is 0 Å². The third-order valence-electron chi connectivity index (χ3n) is 7.42. The number of benzene rings is 1. The summed E-state index contributed by atoms with van der Waals surface area (Å²) in [5, 5.41) is 15.3. The molecule has 2 amide bonds. The van der Waals surface area contributed by atoms with Crippen molar-refractivity contribution in [1.82, 2.24) is 30.2 Å². The highest BCUT2D eigenvalue weighted by Gasteiger charge is 2.23. The lowest BCUT2D eigenvalue weighted by molar-refractivity contribution is -0.138. The van der Waals surface area contributed by atoms with E-state index < -0.39 is 12.0 Å². The Balaban J connectivity index is 2.08. The summed E-state index contributed by atoms with van der Waals surface area (Å²) in [6.45, 7) is 14.6. The fraction of sp³-hybridized carbons (Fsp3) is 0.700. The van der Waals surface area contributed by atoms with E-state index >= 15 is 0 Å². The van der Waals surface area contributed by atoms with Crippen LogP contribution in [0.15, 0.2) is 24.3 Å². The zero-order valence-electron chi connectivity index (χ0n) is 25.6. The fourth-order valence-corrected chi connectivity index (χ4v) is 4.73. The quantitative estimate of drug-likeness (QED) is 0.273. The summed E-state index contributed by atoms with van der Waals surface area (Å²) in [5.74, 6) is -1.28. The highest BCUT2D eigenvalue weighted by Crippen LogP contribution is 2.07. The van der Waals surface area contributed by atoms with Gasteiger partial charge < -0.3 is 30.3 Å². The molecule has 1 saturated heterocycles. The van der Waals surface area contributed by atoms with Crippen LogP contribution < -0.4 is 10.6 Å². The monoisotopic (exact) mass is 576 g/mol. The van der Waals surface area contributed by atoms with E-state index in [2.05, 4.69) is 39.3 Å². The SMILES string of the molecule is CCOCCCNC(=O)[C@@H](Cc1ccc(C)cc1)NC(=O)CN1CCN(CC)CCN(C)CCN(CC(=O)O)CC1. The maximum absolute atomic E-state index is 13.3. The molecule has 1 heterocycles. The minimum absolute atomic E-state index is 0.0307. The van der Waals surface area contributed by atoms with Crippen LogP contribution in [0.3, 0.4) is 0 Å². The first kappa shape index (κ1) is 34.6. The Morgan fingerprint density at radius 2 is 1.49 bits per heavy atom. The lowest BCUT2D eigenvalue weighted by Gasteiger charge is -2.32. The first-order valence-electron chi connectivity index (χ1n) is 15.0. The molecule has 3 N–H and O–H groups in total. The number of carbonyl (C=O) groups excluding carboxylic acids is 2. The van der Waals surface area contributed by atoms with Crippen molar-refractivity contribution >= 4 is 17.8 Å². The van der Waals surface area contributed by atoms with Crippen molar-refractivity contribution in [2.75, 3.05) is 98.8 Å². The average Bonchev–Trinajstić information content (AvgIpc) is 2.93. The van der Waals surface area contributed by atoms with E-state index in [1.54, 1.807) is 0 Å². The highest BCUT2D eigenvalue weighted by atomic mass is 16.5. The molecule has 0 bridgehead atoms. The molecule has 0 aliphatic carbocycles. The normalized spacial score (nSPS) is 17.8. The summed E-state index contributed by atoms with van der Waals surface area (Å²) in [6, 6.07) is 7.29. The summed E-state index contributed by atoms with van der Waals surface area (Å²) < 4.78 is 5.36. The molecule has 41 heavy (non-hydrogen) atoms. The largest absolute Gasteiger partial charge is 0.480 e. The van der Waals surface area contributed by atoms with Crippen LogP contribution in [0.4, 0.5) is 0 Å². The number of aryl methyl sites for hydroxylation is 1. The van der Waals surface area contributed by atoms with Crippen molar-refractivity contribution in [2.24, 2.45) is 0 Å². The third kappa shape index (κ3) is 14.8. The third-order valence-corrected chi connectivity index (χ3v) is 7.42. The van der Waals surface area contributed by atoms with Crippen molar-refractivity contribution < 1.29 is 24.2 Å². The number of amides is 2. The van der Waals surface area contributed by atoms with Gasteiger partial charge in [-0.1, -0.05) is 36.8 Å². The van der Waals surface area contributed by atoms with Crippen LogP contribution in [-0.2, 0) is 25.5 Å². The maximum atomic E-state index is 13.3. The molecule has 11 heteroatoms. The van der Waals surface area contributed by atoms with Crippen LogP contribution in [0.2, 0.25) is 0 Å². The van der Waals surface area contributed by atoms with Crippen LogP contribution in [0.25, 0.3) is 0 Å². The molecule has 0 aromatic heterocycles. The van der Waals surface area contributed by atoms with Crippen molar-refractivity contribution in [1.29, 1.82) is 0 Å². The van der Waals surface area contributed by atoms with Crippen molar-refractivity contribution in [3.8, 4) is 0 Å². The molecule has 1 aliphatic heterocycles. The smallest absolute Gasteiger partial charge is 0.317 e. The Bertz CT molecular complexity index is 915. The summed E-state index contributed by atoms with van der Waals surface area (Å²) in [6.07, 6.45) is 1.10. The van der Waals surface area contributed by atoms with Crippen LogP contribution in [-0.4, -0.2) is 147 Å². The Morgan fingerprint density at radius 3 is 2.10 bits per heavy atom. The van der Waals surface area contributed by atoms with Gasteiger partial charge in [0.2, 0.25) is 11.8 Å². The van der Waals surface area contributed by atoms with E-state index in [1.165, 1.54) is 0 Å². The molecule has 1 atom stereocenters. The second-order valence-corrected chi connectivity index (χ2v) is 10.8. The summed E-state index contributed by atoms with van der Waals surface area (Å²) in [4.78, 5) is 46.5. The van der Waals surface area contributed by atoms with Crippen molar-refractivity contribution in [3.63, 3.8) is 0 Å². The molecule has 0 saturated carbocycles. The number of carboxylic acids is 1. The molecular weight excluding hydrogens is 524 g/mol. The van der Waals surface area contributed by atoms with Gasteiger partial charge in [-0.05, 0) is 39.4 Å². The van der Waals surface area contributed by atoms with Crippen molar-refractivity contribution in [2.45, 2.75) is 39.7 Å². The maximum Gasteiger partial charge on any atom is 0.317 e. The van der Waals surface area contributed by atoms with Gasteiger partial charge >= 0.3 is 5.97 Å². The minimum atomic E-state index is -0.854. The number of ether oxygens (including phenoxy) is 1. The number of carbonyl (C=O) groups is 3. The molecule has 1 aromatic rings. The van der Waals surface area contributed by atoms with Gasteiger partial charge in [0.15, 0.2) is 0 Å². The fourth-order valence-electron chi connectivity index (χ4n) is 4.73. The van der Waals surface area contributed by atoms with Gasteiger partial charge in [-0.15, -0.1) is 0 Å². The Hall–Kier alpha value is -2.57. The van der Waals surface area contributed by atoms with E-state index in [1.807, 2.05) is 43.0 Å². The standard InChI is InChI=1S/C30H52N6O5/c1-5-34-15-13-33(4)14-16-36(24-29(38)39)20-19-35(18-17-34)23-28(37)32-27(22-26-10-8-25(3)9-11-26)30(40)31-12-7-21-41-6-2/h8-11,27H,5-7,12-24H2,1-4H3,(H,31,40)(H,32,37)(H,38,39)/t27-/m1/s1. The Kier molecular flexibility index (Phi) is 16.5. The highest BCUT2D eigenvalue weighted by molar-refractivity contribution is 5.88. The first-order valence-corrected chi connectivity index (χ1v) is 15.0. The Morgan fingerprint density at radius 1 is 0.902 bits per heavy atom. The van der Waals surface area contributed by atoms with E-state index in [4.69, 9.17) is 4.74 Å². The minimum Gasteiger partial charge on any atom is -0.480 e. The van der Waals surface area contributed by atoms with E-state index in [0.29, 0.717) is 58.8 Å². The summed E-state index contributed by atoms with van der Waals surface area (Å²) >= 11 is 0. The van der Waals surface area contributed by atoms with Crippen LogP contribution in [0, 0.1) is 6.92 Å². The molecular formula is C30H52N6O5.